The van der Waals surface area contributed by atoms with E-state index in [1.54, 1.807) is 53.5 Å². The van der Waals surface area contributed by atoms with E-state index in [9.17, 15) is 9.59 Å². The molecule has 4 rings (SSSR count). The molecule has 1 N–H and O–H groups in total. The number of fused-ring (bicyclic) bond motifs is 1. The van der Waals surface area contributed by atoms with Gasteiger partial charge in [0.05, 0.1) is 34.4 Å². The van der Waals surface area contributed by atoms with Crippen LogP contribution in [-0.2, 0) is 17.9 Å². The van der Waals surface area contributed by atoms with E-state index >= 15 is 0 Å². The summed E-state index contributed by atoms with van der Waals surface area (Å²) in [5, 5.41) is 13.2. The smallest absolute Gasteiger partial charge is 0.275 e. The zero-order valence-electron chi connectivity index (χ0n) is 15.0. The van der Waals surface area contributed by atoms with Gasteiger partial charge < -0.3 is 5.32 Å². The average Bonchev–Trinajstić information content (AvgIpc) is 3.14. The van der Waals surface area contributed by atoms with Crippen molar-refractivity contribution in [3.05, 3.63) is 86.9 Å². The van der Waals surface area contributed by atoms with Gasteiger partial charge in [0.2, 0.25) is 5.91 Å². The van der Waals surface area contributed by atoms with Crippen molar-refractivity contribution in [1.82, 2.24) is 19.6 Å². The molecule has 1 amide bonds. The van der Waals surface area contributed by atoms with Gasteiger partial charge in [-0.15, -0.1) is 0 Å². The van der Waals surface area contributed by atoms with Gasteiger partial charge >= 0.3 is 0 Å². The Balaban J connectivity index is 1.52. The van der Waals surface area contributed by atoms with E-state index in [0.717, 1.165) is 15.6 Å². The van der Waals surface area contributed by atoms with Crippen molar-refractivity contribution in [2.75, 3.05) is 5.32 Å². The molecule has 0 aliphatic carbocycles. The Morgan fingerprint density at radius 2 is 1.83 bits per heavy atom. The molecular formula is C20H15Cl2N5O2. The summed E-state index contributed by atoms with van der Waals surface area (Å²) >= 11 is 12.3. The first-order valence-electron chi connectivity index (χ1n) is 8.72. The van der Waals surface area contributed by atoms with Gasteiger partial charge in [-0.25, -0.2) is 9.36 Å². The van der Waals surface area contributed by atoms with E-state index in [2.05, 4.69) is 15.5 Å². The van der Waals surface area contributed by atoms with Crippen molar-refractivity contribution in [1.29, 1.82) is 0 Å². The lowest BCUT2D eigenvalue weighted by Crippen LogP contribution is -2.30. The number of benzene rings is 2. The van der Waals surface area contributed by atoms with E-state index in [1.807, 2.05) is 12.1 Å². The second-order valence-electron chi connectivity index (χ2n) is 6.33. The van der Waals surface area contributed by atoms with E-state index in [-0.39, 0.29) is 12.1 Å². The van der Waals surface area contributed by atoms with Crippen LogP contribution in [0.5, 0.6) is 0 Å². The van der Waals surface area contributed by atoms with Crippen LogP contribution in [0, 0.1) is 0 Å². The lowest BCUT2D eigenvalue weighted by Gasteiger charge is -2.11. The van der Waals surface area contributed by atoms with Crippen LogP contribution in [0.2, 0.25) is 10.0 Å². The maximum absolute atomic E-state index is 12.5. The Bertz CT molecular complexity index is 1270. The van der Waals surface area contributed by atoms with Crippen molar-refractivity contribution >= 4 is 45.7 Å². The number of hydrogen-bond acceptors (Lipinski definition) is 4. The Morgan fingerprint density at radius 1 is 1.00 bits per heavy atom. The fourth-order valence-corrected chi connectivity index (χ4v) is 3.34. The summed E-state index contributed by atoms with van der Waals surface area (Å²) in [6, 6.07) is 14.1. The molecule has 0 saturated carbocycles. The molecule has 2 aromatic heterocycles. The summed E-state index contributed by atoms with van der Waals surface area (Å²) in [5.41, 5.74) is 0.447. The zero-order chi connectivity index (χ0) is 20.4. The highest BCUT2D eigenvalue weighted by Crippen LogP contribution is 2.26. The summed E-state index contributed by atoms with van der Waals surface area (Å²) in [4.78, 5) is 25.0. The number of amides is 1. The Labute approximate surface area is 175 Å². The lowest BCUT2D eigenvalue weighted by molar-refractivity contribution is -0.117. The first kappa shape index (κ1) is 19.2. The van der Waals surface area contributed by atoms with Crippen LogP contribution >= 0.6 is 23.2 Å². The molecule has 0 radical (unpaired) electrons. The quantitative estimate of drug-likeness (QED) is 0.527. The fraction of sp³-hybridized carbons (Fsp3) is 0.100. The first-order chi connectivity index (χ1) is 14.0. The monoisotopic (exact) mass is 427 g/mol. The highest BCUT2D eigenvalue weighted by Gasteiger charge is 2.13. The minimum atomic E-state index is -0.395. The van der Waals surface area contributed by atoms with Crippen molar-refractivity contribution in [2.45, 2.75) is 13.1 Å². The van der Waals surface area contributed by atoms with Crippen LogP contribution in [0.15, 0.2) is 65.7 Å². The molecule has 0 aliphatic heterocycles. The zero-order valence-corrected chi connectivity index (χ0v) is 16.6. The second-order valence-corrected chi connectivity index (χ2v) is 7.12. The summed E-state index contributed by atoms with van der Waals surface area (Å²) in [5.74, 6) is 0.0775. The molecule has 0 spiro atoms. The van der Waals surface area contributed by atoms with Crippen LogP contribution in [0.1, 0.15) is 5.56 Å². The minimum Gasteiger partial charge on any atom is -0.309 e. The first-order valence-corrected chi connectivity index (χ1v) is 9.48. The molecular weight excluding hydrogens is 413 g/mol. The van der Waals surface area contributed by atoms with Gasteiger partial charge in [-0.1, -0.05) is 53.5 Å². The Morgan fingerprint density at radius 3 is 2.69 bits per heavy atom. The van der Waals surface area contributed by atoms with Crippen molar-refractivity contribution in [3.63, 3.8) is 0 Å². The number of nitrogens with one attached hydrogen (secondary N) is 1. The highest BCUT2D eigenvalue weighted by atomic mass is 35.5. The third-order valence-corrected chi connectivity index (χ3v) is 5.25. The fourth-order valence-electron chi connectivity index (χ4n) is 2.96. The molecule has 7 nitrogen and oxygen atoms in total. The predicted molar refractivity (Wildman–Crippen MR) is 112 cm³/mol. The van der Waals surface area contributed by atoms with Crippen LogP contribution in [0.25, 0.3) is 10.8 Å². The van der Waals surface area contributed by atoms with E-state index < -0.39 is 5.91 Å². The topological polar surface area (TPSA) is 81.8 Å². The summed E-state index contributed by atoms with van der Waals surface area (Å²) in [7, 11) is 0. The number of carbonyl (C=O) groups is 1. The van der Waals surface area contributed by atoms with Gasteiger partial charge in [0.15, 0.2) is 0 Å². The van der Waals surface area contributed by atoms with Gasteiger partial charge in [-0.05, 0) is 17.7 Å². The number of anilines is 1. The van der Waals surface area contributed by atoms with Crippen molar-refractivity contribution < 1.29 is 4.79 Å². The van der Waals surface area contributed by atoms with Crippen LogP contribution in [0.4, 0.5) is 5.82 Å². The maximum Gasteiger partial charge on any atom is 0.275 e. The standard InChI is InChI=1S/C20H15Cl2N5O2/c21-16-7-3-5-14(19(16)22)11-26-17(8-9-23-26)25-18(28)12-27-20(29)15-6-2-1-4-13(15)10-24-27/h1-10H,11-12H2,(H,25,28). The predicted octanol–water partition coefficient (Wildman–Crippen LogP) is 3.59. The highest BCUT2D eigenvalue weighted by molar-refractivity contribution is 6.42. The van der Waals surface area contributed by atoms with Crippen molar-refractivity contribution in [2.24, 2.45) is 0 Å². The molecule has 0 fully saturated rings. The molecule has 2 aromatic carbocycles. The van der Waals surface area contributed by atoms with E-state index in [0.29, 0.717) is 27.8 Å². The normalized spacial score (nSPS) is 11.0. The number of carbonyl (C=O) groups excluding carboxylic acids is 1. The molecule has 4 aromatic rings. The van der Waals surface area contributed by atoms with Gasteiger partial charge in [0, 0.05) is 11.5 Å². The molecule has 0 saturated heterocycles. The third-order valence-electron chi connectivity index (χ3n) is 4.39. The van der Waals surface area contributed by atoms with Gasteiger partial charge in [-0.3, -0.25) is 9.59 Å². The number of hydrogen-bond donors (Lipinski definition) is 1. The van der Waals surface area contributed by atoms with E-state index in [4.69, 9.17) is 23.2 Å². The lowest BCUT2D eigenvalue weighted by atomic mass is 10.2. The number of rotatable bonds is 5. The van der Waals surface area contributed by atoms with Crippen molar-refractivity contribution in [3.8, 4) is 0 Å². The Hall–Kier alpha value is -3.16. The number of halogens is 2. The number of aromatic nitrogens is 4. The molecule has 0 atom stereocenters. The minimum absolute atomic E-state index is 0.216. The molecule has 29 heavy (non-hydrogen) atoms. The second kappa shape index (κ2) is 8.06. The summed E-state index contributed by atoms with van der Waals surface area (Å²) < 4.78 is 2.72. The van der Waals surface area contributed by atoms with Crippen LogP contribution in [0.3, 0.4) is 0 Å². The maximum atomic E-state index is 12.5. The molecule has 146 valence electrons. The van der Waals surface area contributed by atoms with Crippen LogP contribution in [-0.4, -0.2) is 25.5 Å². The van der Waals surface area contributed by atoms with Crippen LogP contribution < -0.4 is 10.9 Å². The van der Waals surface area contributed by atoms with Gasteiger partial charge in [0.25, 0.3) is 5.56 Å². The van der Waals surface area contributed by atoms with Gasteiger partial charge in [-0.2, -0.15) is 10.2 Å². The average molecular weight is 428 g/mol. The third kappa shape index (κ3) is 4.01. The van der Waals surface area contributed by atoms with E-state index in [1.165, 1.54) is 0 Å². The molecule has 2 heterocycles. The summed E-state index contributed by atoms with van der Waals surface area (Å²) in [6.07, 6.45) is 3.13. The largest absolute Gasteiger partial charge is 0.309 e. The Kier molecular flexibility index (Phi) is 5.33. The number of nitrogens with zero attached hydrogens (tertiary/aromatic N) is 4. The molecule has 0 aliphatic rings. The summed E-state index contributed by atoms with van der Waals surface area (Å²) in [6.45, 7) is 0.114. The molecule has 9 heteroatoms. The SMILES string of the molecule is O=C(Cn1ncc2ccccc2c1=O)Nc1ccnn1Cc1cccc(Cl)c1Cl. The van der Waals surface area contributed by atoms with Gasteiger partial charge in [0.1, 0.15) is 12.4 Å². The molecule has 0 bridgehead atoms. The molecule has 0 unspecified atom stereocenters.